The number of benzene rings is 3. The summed E-state index contributed by atoms with van der Waals surface area (Å²) < 4.78 is 7.19. The van der Waals surface area contributed by atoms with Crippen molar-refractivity contribution in [3.05, 3.63) is 78.4 Å². The Kier molecular flexibility index (Phi) is 8.99. The van der Waals surface area contributed by atoms with Gasteiger partial charge in [-0.1, -0.05) is 42.1 Å². The summed E-state index contributed by atoms with van der Waals surface area (Å²) in [6.45, 7) is 5.81. The second-order valence-electron chi connectivity index (χ2n) is 8.20. The molecule has 3 aromatic carbocycles. The number of hydrazone groups is 1. The number of nitrogens with one attached hydrogen (secondary N) is 1. The smallest absolute Gasteiger partial charge is 0.250 e. The summed E-state index contributed by atoms with van der Waals surface area (Å²) in [4.78, 5) is 14.7. The van der Waals surface area contributed by atoms with Gasteiger partial charge < -0.3 is 14.7 Å². The SMILES string of the molecule is CCN(CC)c1ccc(C=NNC(=O)CSc2nnc(-c3ccccc3)n2-c2ccc(OC)cc2)c(O)c1. The molecule has 4 aromatic rings. The van der Waals surface area contributed by atoms with Crippen molar-refractivity contribution >= 4 is 29.6 Å². The van der Waals surface area contributed by atoms with E-state index in [0.29, 0.717) is 16.5 Å². The molecule has 196 valence electrons. The van der Waals surface area contributed by atoms with E-state index in [1.165, 1.54) is 18.0 Å². The van der Waals surface area contributed by atoms with E-state index in [1.807, 2.05) is 65.2 Å². The molecule has 0 aliphatic rings. The molecule has 1 heterocycles. The Balaban J connectivity index is 1.45. The van der Waals surface area contributed by atoms with Crippen LogP contribution >= 0.6 is 11.8 Å². The Morgan fingerprint density at radius 1 is 1.08 bits per heavy atom. The first-order valence-electron chi connectivity index (χ1n) is 12.2. The van der Waals surface area contributed by atoms with Crippen LogP contribution in [0.4, 0.5) is 5.69 Å². The first-order valence-corrected chi connectivity index (χ1v) is 13.2. The highest BCUT2D eigenvalue weighted by Gasteiger charge is 2.17. The van der Waals surface area contributed by atoms with Crippen LogP contribution in [0, 0.1) is 0 Å². The van der Waals surface area contributed by atoms with E-state index >= 15 is 0 Å². The quantitative estimate of drug-likeness (QED) is 0.164. The number of anilines is 1. The second kappa shape index (κ2) is 12.8. The van der Waals surface area contributed by atoms with Gasteiger partial charge in [-0.15, -0.1) is 10.2 Å². The van der Waals surface area contributed by atoms with Crippen LogP contribution in [0.15, 0.2) is 83.1 Å². The average Bonchev–Trinajstić information content (AvgIpc) is 3.38. The van der Waals surface area contributed by atoms with Crippen molar-refractivity contribution in [1.82, 2.24) is 20.2 Å². The molecule has 1 amide bonds. The Bertz CT molecular complexity index is 1390. The van der Waals surface area contributed by atoms with E-state index in [-0.39, 0.29) is 17.4 Å². The van der Waals surface area contributed by atoms with Gasteiger partial charge in [0.1, 0.15) is 11.5 Å². The van der Waals surface area contributed by atoms with Crippen molar-refractivity contribution in [2.45, 2.75) is 19.0 Å². The minimum Gasteiger partial charge on any atom is -0.507 e. The zero-order chi connectivity index (χ0) is 26.9. The molecule has 0 radical (unpaired) electrons. The maximum Gasteiger partial charge on any atom is 0.250 e. The number of phenols is 1. The second-order valence-corrected chi connectivity index (χ2v) is 9.15. The highest BCUT2D eigenvalue weighted by molar-refractivity contribution is 7.99. The summed E-state index contributed by atoms with van der Waals surface area (Å²) in [5.41, 5.74) is 5.71. The van der Waals surface area contributed by atoms with Gasteiger partial charge in [0, 0.05) is 41.7 Å². The molecule has 38 heavy (non-hydrogen) atoms. The number of thioether (sulfide) groups is 1. The Hall–Kier alpha value is -4.31. The van der Waals surface area contributed by atoms with Gasteiger partial charge in [-0.2, -0.15) is 5.10 Å². The number of methoxy groups -OCH3 is 1. The molecule has 1 aromatic heterocycles. The number of aromatic hydroxyl groups is 1. The van der Waals surface area contributed by atoms with E-state index in [0.717, 1.165) is 35.8 Å². The molecule has 9 nitrogen and oxygen atoms in total. The summed E-state index contributed by atoms with van der Waals surface area (Å²) in [5.74, 6) is 1.27. The number of carbonyl (C=O) groups is 1. The van der Waals surface area contributed by atoms with Crippen LogP contribution < -0.4 is 15.1 Å². The summed E-state index contributed by atoms with van der Waals surface area (Å²) >= 11 is 1.25. The molecule has 0 atom stereocenters. The predicted molar refractivity (Wildman–Crippen MR) is 151 cm³/mol. The van der Waals surface area contributed by atoms with Crippen molar-refractivity contribution in [3.8, 4) is 28.6 Å². The van der Waals surface area contributed by atoms with Gasteiger partial charge in [0.25, 0.3) is 5.91 Å². The number of phenolic OH excluding ortho intramolecular Hbond substituents is 1. The number of carbonyl (C=O) groups excluding carboxylic acids is 1. The fourth-order valence-electron chi connectivity index (χ4n) is 3.86. The predicted octanol–water partition coefficient (Wildman–Crippen LogP) is 4.74. The number of hydrogen-bond donors (Lipinski definition) is 2. The van der Waals surface area contributed by atoms with Crippen LogP contribution in [-0.2, 0) is 4.79 Å². The highest BCUT2D eigenvalue weighted by Crippen LogP contribution is 2.29. The molecule has 0 aliphatic carbocycles. The minimum absolute atomic E-state index is 0.0767. The average molecular weight is 531 g/mol. The highest BCUT2D eigenvalue weighted by atomic mass is 32.2. The lowest BCUT2D eigenvalue weighted by molar-refractivity contribution is -0.118. The Morgan fingerprint density at radius 3 is 2.47 bits per heavy atom. The molecule has 4 rings (SSSR count). The number of hydrogen-bond acceptors (Lipinski definition) is 8. The molecule has 0 saturated carbocycles. The van der Waals surface area contributed by atoms with Gasteiger partial charge in [-0.3, -0.25) is 9.36 Å². The fourth-order valence-corrected chi connectivity index (χ4v) is 4.61. The van der Waals surface area contributed by atoms with Crippen molar-refractivity contribution in [3.63, 3.8) is 0 Å². The third-order valence-electron chi connectivity index (χ3n) is 5.86. The zero-order valence-corrected chi connectivity index (χ0v) is 22.4. The molecule has 2 N–H and O–H groups in total. The third kappa shape index (κ3) is 6.33. The normalized spacial score (nSPS) is 11.0. The standard InChI is InChI=1S/C28H30N6O3S/c1-4-33(5-2)23-12-11-21(25(35)17-23)18-29-30-26(36)19-38-28-32-31-27(20-9-7-6-8-10-20)34(28)22-13-15-24(37-3)16-14-22/h6-18,35H,4-5,19H2,1-3H3,(H,30,36). The van der Waals surface area contributed by atoms with Crippen molar-refractivity contribution in [2.24, 2.45) is 5.10 Å². The monoisotopic (exact) mass is 530 g/mol. The maximum absolute atomic E-state index is 12.5. The molecule has 0 fully saturated rings. The summed E-state index contributed by atoms with van der Waals surface area (Å²) in [6.07, 6.45) is 1.43. The summed E-state index contributed by atoms with van der Waals surface area (Å²) in [5, 5.41) is 23.7. The van der Waals surface area contributed by atoms with Crippen LogP contribution in [0.1, 0.15) is 19.4 Å². The van der Waals surface area contributed by atoms with Gasteiger partial charge in [0.05, 0.1) is 19.1 Å². The van der Waals surface area contributed by atoms with E-state index in [2.05, 4.69) is 39.5 Å². The Morgan fingerprint density at radius 2 is 1.82 bits per heavy atom. The number of nitrogens with zero attached hydrogens (tertiary/aromatic N) is 5. The molecular weight excluding hydrogens is 500 g/mol. The Labute approximate surface area is 226 Å². The van der Waals surface area contributed by atoms with Crippen molar-refractivity contribution in [1.29, 1.82) is 0 Å². The number of rotatable bonds is 11. The van der Waals surface area contributed by atoms with Crippen LogP contribution in [0.3, 0.4) is 0 Å². The lowest BCUT2D eigenvalue weighted by Gasteiger charge is -2.21. The minimum atomic E-state index is -0.309. The zero-order valence-electron chi connectivity index (χ0n) is 21.5. The molecular formula is C28H30N6O3S. The van der Waals surface area contributed by atoms with E-state index in [4.69, 9.17) is 4.74 Å². The van der Waals surface area contributed by atoms with Gasteiger partial charge >= 0.3 is 0 Å². The molecule has 0 saturated heterocycles. The molecule has 0 unspecified atom stereocenters. The summed E-state index contributed by atoms with van der Waals surface area (Å²) in [7, 11) is 1.62. The van der Waals surface area contributed by atoms with Gasteiger partial charge in [0.2, 0.25) is 0 Å². The fraction of sp³-hybridized carbons (Fsp3) is 0.214. The van der Waals surface area contributed by atoms with Crippen molar-refractivity contribution in [2.75, 3.05) is 30.9 Å². The van der Waals surface area contributed by atoms with Crippen LogP contribution in [0.5, 0.6) is 11.5 Å². The molecule has 0 bridgehead atoms. The van der Waals surface area contributed by atoms with Crippen LogP contribution in [0.2, 0.25) is 0 Å². The molecule has 10 heteroatoms. The first-order chi connectivity index (χ1) is 18.5. The summed E-state index contributed by atoms with van der Waals surface area (Å²) in [6, 6.07) is 22.7. The molecule has 0 aliphatic heterocycles. The van der Waals surface area contributed by atoms with Gasteiger partial charge in [0.15, 0.2) is 11.0 Å². The number of amides is 1. The maximum atomic E-state index is 12.5. The topological polar surface area (TPSA) is 105 Å². The van der Waals surface area contributed by atoms with Crippen LogP contribution in [0.25, 0.3) is 17.1 Å². The number of aromatic nitrogens is 3. The largest absolute Gasteiger partial charge is 0.507 e. The third-order valence-corrected chi connectivity index (χ3v) is 6.79. The van der Waals surface area contributed by atoms with E-state index in [9.17, 15) is 9.90 Å². The van der Waals surface area contributed by atoms with Gasteiger partial charge in [-0.05, 0) is 50.2 Å². The number of ether oxygens (including phenoxy) is 1. The van der Waals surface area contributed by atoms with Crippen LogP contribution in [-0.4, -0.2) is 57.9 Å². The van der Waals surface area contributed by atoms with Gasteiger partial charge in [-0.25, -0.2) is 5.43 Å². The molecule has 0 spiro atoms. The first kappa shape index (κ1) is 26.7. The lowest BCUT2D eigenvalue weighted by Crippen LogP contribution is -2.21. The lowest BCUT2D eigenvalue weighted by atomic mass is 10.2. The van der Waals surface area contributed by atoms with Crippen molar-refractivity contribution < 1.29 is 14.6 Å². The van der Waals surface area contributed by atoms with E-state index < -0.39 is 0 Å². The van der Waals surface area contributed by atoms with E-state index in [1.54, 1.807) is 19.2 Å².